The van der Waals surface area contributed by atoms with Crippen molar-refractivity contribution in [3.8, 4) is 0 Å². The zero-order valence-electron chi connectivity index (χ0n) is 10.9. The van der Waals surface area contributed by atoms with Crippen molar-refractivity contribution in [3.05, 3.63) is 11.6 Å². The molecule has 0 bridgehead atoms. The fourth-order valence-electron chi connectivity index (χ4n) is 1.86. The maximum Gasteiger partial charge on any atom is 0.314 e. The SMILES string of the molecule is CC(CNC(=O)NCCC1=CCCCC1)C(=O)O. The van der Waals surface area contributed by atoms with E-state index in [1.54, 1.807) is 6.92 Å². The van der Waals surface area contributed by atoms with Gasteiger partial charge in [-0.15, -0.1) is 0 Å². The number of carboxylic acids is 1. The topological polar surface area (TPSA) is 78.4 Å². The minimum absolute atomic E-state index is 0.157. The molecule has 0 saturated heterocycles. The number of hydrogen-bond acceptors (Lipinski definition) is 2. The Hall–Kier alpha value is -1.52. The summed E-state index contributed by atoms with van der Waals surface area (Å²) in [6, 6.07) is -0.292. The van der Waals surface area contributed by atoms with E-state index in [0.717, 1.165) is 19.3 Å². The third-order valence-corrected chi connectivity index (χ3v) is 3.11. The van der Waals surface area contributed by atoms with Crippen LogP contribution in [0, 0.1) is 5.92 Å². The van der Waals surface area contributed by atoms with Crippen molar-refractivity contribution in [2.75, 3.05) is 13.1 Å². The van der Waals surface area contributed by atoms with E-state index < -0.39 is 11.9 Å². The second kappa shape index (κ2) is 7.74. The molecule has 0 aromatic carbocycles. The number of urea groups is 1. The van der Waals surface area contributed by atoms with E-state index in [9.17, 15) is 9.59 Å². The Morgan fingerprint density at radius 1 is 1.39 bits per heavy atom. The van der Waals surface area contributed by atoms with Gasteiger partial charge in [-0.2, -0.15) is 0 Å². The first-order valence-electron chi connectivity index (χ1n) is 6.52. The molecule has 1 atom stereocenters. The summed E-state index contributed by atoms with van der Waals surface area (Å²) in [4.78, 5) is 21.9. The Bertz CT molecular complexity index is 326. The summed E-state index contributed by atoms with van der Waals surface area (Å²) >= 11 is 0. The number of carbonyl (C=O) groups is 2. The standard InChI is InChI=1S/C13H22N2O3/c1-10(12(16)17)9-15-13(18)14-8-7-11-5-3-2-4-6-11/h5,10H,2-4,6-9H2,1H3,(H,16,17)(H2,14,15,18). The molecule has 5 nitrogen and oxygen atoms in total. The van der Waals surface area contributed by atoms with Crippen LogP contribution >= 0.6 is 0 Å². The van der Waals surface area contributed by atoms with Crippen LogP contribution in [0.1, 0.15) is 39.0 Å². The Morgan fingerprint density at radius 2 is 2.17 bits per heavy atom. The van der Waals surface area contributed by atoms with Crippen molar-refractivity contribution in [3.63, 3.8) is 0 Å². The minimum Gasteiger partial charge on any atom is -0.481 e. The average Bonchev–Trinajstić information content (AvgIpc) is 2.37. The number of aliphatic carboxylic acids is 1. The predicted octanol–water partition coefficient (Wildman–Crippen LogP) is 1.90. The molecule has 3 N–H and O–H groups in total. The summed E-state index contributed by atoms with van der Waals surface area (Å²) in [5, 5.41) is 14.0. The van der Waals surface area contributed by atoms with E-state index in [1.165, 1.54) is 18.4 Å². The molecule has 0 aromatic rings. The quantitative estimate of drug-likeness (QED) is 0.633. The van der Waals surface area contributed by atoms with Gasteiger partial charge in [-0.3, -0.25) is 4.79 Å². The van der Waals surface area contributed by atoms with Crippen LogP contribution < -0.4 is 10.6 Å². The maximum absolute atomic E-state index is 11.4. The lowest BCUT2D eigenvalue weighted by Gasteiger charge is -2.13. The van der Waals surface area contributed by atoms with Crippen LogP contribution in [-0.2, 0) is 4.79 Å². The van der Waals surface area contributed by atoms with E-state index in [4.69, 9.17) is 5.11 Å². The largest absolute Gasteiger partial charge is 0.481 e. The van der Waals surface area contributed by atoms with Crippen LogP contribution in [0.25, 0.3) is 0 Å². The molecule has 1 rings (SSSR count). The summed E-state index contributed by atoms with van der Waals surface area (Å²) < 4.78 is 0. The highest BCUT2D eigenvalue weighted by Gasteiger charge is 2.11. The van der Waals surface area contributed by atoms with Gasteiger partial charge in [0.05, 0.1) is 5.92 Å². The average molecular weight is 254 g/mol. The second-order valence-corrected chi connectivity index (χ2v) is 4.73. The highest BCUT2D eigenvalue weighted by Crippen LogP contribution is 2.19. The van der Waals surface area contributed by atoms with Crippen molar-refractivity contribution in [1.29, 1.82) is 0 Å². The molecule has 0 aliphatic heterocycles. The monoisotopic (exact) mass is 254 g/mol. The second-order valence-electron chi connectivity index (χ2n) is 4.73. The van der Waals surface area contributed by atoms with Gasteiger partial charge in [0.15, 0.2) is 0 Å². The van der Waals surface area contributed by atoms with Gasteiger partial charge in [0, 0.05) is 13.1 Å². The fourth-order valence-corrected chi connectivity index (χ4v) is 1.86. The van der Waals surface area contributed by atoms with E-state index in [0.29, 0.717) is 6.54 Å². The lowest BCUT2D eigenvalue weighted by molar-refractivity contribution is -0.140. The van der Waals surface area contributed by atoms with Crippen LogP contribution in [0.4, 0.5) is 4.79 Å². The normalized spacial score (nSPS) is 16.6. The van der Waals surface area contributed by atoms with Gasteiger partial charge >= 0.3 is 12.0 Å². The van der Waals surface area contributed by atoms with E-state index in [1.807, 2.05) is 0 Å². The van der Waals surface area contributed by atoms with Crippen LogP contribution in [0.2, 0.25) is 0 Å². The Morgan fingerprint density at radius 3 is 2.78 bits per heavy atom. The maximum atomic E-state index is 11.4. The lowest BCUT2D eigenvalue weighted by Crippen LogP contribution is -2.39. The van der Waals surface area contributed by atoms with E-state index in [-0.39, 0.29) is 12.6 Å². The van der Waals surface area contributed by atoms with Crippen molar-refractivity contribution < 1.29 is 14.7 Å². The molecule has 5 heteroatoms. The summed E-state index contributed by atoms with van der Waals surface area (Å²) in [5.74, 6) is -1.46. The number of allylic oxidation sites excluding steroid dienone is 1. The van der Waals surface area contributed by atoms with Crippen LogP contribution in [-0.4, -0.2) is 30.2 Å². The zero-order chi connectivity index (χ0) is 13.4. The van der Waals surface area contributed by atoms with Crippen molar-refractivity contribution >= 4 is 12.0 Å². The third-order valence-electron chi connectivity index (χ3n) is 3.11. The molecule has 0 saturated carbocycles. The minimum atomic E-state index is -0.900. The lowest BCUT2D eigenvalue weighted by atomic mass is 9.97. The third kappa shape index (κ3) is 5.70. The smallest absolute Gasteiger partial charge is 0.314 e. The number of carboxylic acid groups (broad SMARTS) is 1. The van der Waals surface area contributed by atoms with Gasteiger partial charge in [-0.25, -0.2) is 4.79 Å². The Balaban J connectivity index is 2.09. The summed E-state index contributed by atoms with van der Waals surface area (Å²) in [6.45, 7) is 2.33. The highest BCUT2D eigenvalue weighted by atomic mass is 16.4. The first-order valence-corrected chi connectivity index (χ1v) is 6.52. The highest BCUT2D eigenvalue weighted by molar-refractivity contribution is 5.75. The van der Waals surface area contributed by atoms with Crippen molar-refractivity contribution in [2.24, 2.45) is 5.92 Å². The van der Waals surface area contributed by atoms with Crippen LogP contribution in [0.3, 0.4) is 0 Å². The van der Waals surface area contributed by atoms with Crippen LogP contribution in [0.15, 0.2) is 11.6 Å². The molecule has 2 amide bonds. The fraction of sp³-hybridized carbons (Fsp3) is 0.692. The molecule has 0 aromatic heterocycles. The molecule has 1 aliphatic rings. The number of amides is 2. The molecule has 102 valence electrons. The molecule has 1 unspecified atom stereocenters. The van der Waals surface area contributed by atoms with Crippen molar-refractivity contribution in [1.82, 2.24) is 10.6 Å². The van der Waals surface area contributed by atoms with Gasteiger partial charge in [-0.05, 0) is 32.1 Å². The van der Waals surface area contributed by atoms with Gasteiger partial charge in [-0.1, -0.05) is 18.6 Å². The first kappa shape index (κ1) is 14.5. The summed E-state index contributed by atoms with van der Waals surface area (Å²) in [7, 11) is 0. The van der Waals surface area contributed by atoms with E-state index in [2.05, 4.69) is 16.7 Å². The van der Waals surface area contributed by atoms with Gasteiger partial charge < -0.3 is 15.7 Å². The predicted molar refractivity (Wildman–Crippen MR) is 69.4 cm³/mol. The summed E-state index contributed by atoms with van der Waals surface area (Å²) in [6.07, 6.45) is 7.95. The zero-order valence-corrected chi connectivity index (χ0v) is 10.9. The summed E-state index contributed by atoms with van der Waals surface area (Å²) in [5.41, 5.74) is 1.42. The number of carbonyl (C=O) groups excluding carboxylic acids is 1. The van der Waals surface area contributed by atoms with Gasteiger partial charge in [0.2, 0.25) is 0 Å². The molecule has 0 radical (unpaired) electrons. The van der Waals surface area contributed by atoms with Gasteiger partial charge in [0.1, 0.15) is 0 Å². The molecule has 0 spiro atoms. The molecular formula is C13H22N2O3. The number of nitrogens with one attached hydrogen (secondary N) is 2. The number of rotatable bonds is 6. The van der Waals surface area contributed by atoms with Gasteiger partial charge in [0.25, 0.3) is 0 Å². The first-order chi connectivity index (χ1) is 8.59. The molecule has 18 heavy (non-hydrogen) atoms. The Labute approximate surface area is 108 Å². The van der Waals surface area contributed by atoms with Crippen LogP contribution in [0.5, 0.6) is 0 Å². The Kier molecular flexibility index (Phi) is 6.25. The molecular weight excluding hydrogens is 232 g/mol. The van der Waals surface area contributed by atoms with Crippen molar-refractivity contribution in [2.45, 2.75) is 39.0 Å². The molecule has 0 fully saturated rings. The van der Waals surface area contributed by atoms with E-state index >= 15 is 0 Å². The molecule has 0 heterocycles. The number of hydrogen-bond donors (Lipinski definition) is 3. The molecule has 1 aliphatic carbocycles.